The van der Waals surface area contributed by atoms with E-state index in [-0.39, 0.29) is 18.2 Å². The normalized spacial score (nSPS) is 18.3. The van der Waals surface area contributed by atoms with Crippen LogP contribution in [0.5, 0.6) is 0 Å². The molecule has 1 atom stereocenters. The highest BCUT2D eigenvalue weighted by Gasteiger charge is 2.32. The number of aromatic nitrogens is 2. The molecule has 2 amide bonds. The zero-order valence-corrected chi connectivity index (χ0v) is 18.3. The number of rotatable bonds is 4. The molecule has 2 aliphatic rings. The maximum Gasteiger partial charge on any atom is 0.231 e. The Morgan fingerprint density at radius 3 is 2.47 bits per heavy atom. The van der Waals surface area contributed by atoms with Crippen LogP contribution in [0.4, 0.5) is 11.5 Å². The molecule has 0 bridgehead atoms. The van der Waals surface area contributed by atoms with Gasteiger partial charge in [-0.05, 0) is 29.8 Å². The Morgan fingerprint density at radius 2 is 1.75 bits per heavy atom. The number of para-hydroxylation sites is 1. The third kappa shape index (κ3) is 4.08. The van der Waals surface area contributed by atoms with Crippen molar-refractivity contribution in [3.05, 3.63) is 65.8 Å². The van der Waals surface area contributed by atoms with Crippen LogP contribution in [0.2, 0.25) is 5.02 Å². The second kappa shape index (κ2) is 8.67. The summed E-state index contributed by atoms with van der Waals surface area (Å²) in [5.41, 5.74) is 2.95. The standard InChI is InChI=1S/C24H24ClN5O2/c25-19-8-6-17(7-9-19)21-15-26-30-16-18(24(32)27-23(21)30)14-22(31)29-12-10-28(11-13-29)20-4-2-1-3-5-20/h1-9,15,18H,10-14,16H2,(H,27,32). The van der Waals surface area contributed by atoms with Crippen LogP contribution in [0.1, 0.15) is 6.42 Å². The molecule has 1 N–H and O–H groups in total. The molecule has 1 aromatic heterocycles. The lowest BCUT2D eigenvalue weighted by Crippen LogP contribution is -2.49. The Balaban J connectivity index is 1.21. The molecule has 3 aromatic rings. The van der Waals surface area contributed by atoms with E-state index in [2.05, 4.69) is 27.4 Å². The summed E-state index contributed by atoms with van der Waals surface area (Å²) in [6, 6.07) is 17.6. The van der Waals surface area contributed by atoms with Gasteiger partial charge >= 0.3 is 0 Å². The van der Waals surface area contributed by atoms with Gasteiger partial charge in [0.15, 0.2) is 0 Å². The van der Waals surface area contributed by atoms with E-state index in [9.17, 15) is 9.59 Å². The topological polar surface area (TPSA) is 70.5 Å². The fraction of sp³-hybridized carbons (Fsp3) is 0.292. The van der Waals surface area contributed by atoms with Gasteiger partial charge in [-0.1, -0.05) is 41.9 Å². The molecule has 8 heteroatoms. The van der Waals surface area contributed by atoms with Crippen LogP contribution in [0, 0.1) is 5.92 Å². The van der Waals surface area contributed by atoms with Crippen LogP contribution in [0.25, 0.3) is 11.1 Å². The molecule has 5 rings (SSSR count). The Hall–Kier alpha value is -3.32. The van der Waals surface area contributed by atoms with Crippen LogP contribution < -0.4 is 10.2 Å². The van der Waals surface area contributed by atoms with Crippen LogP contribution in [0.3, 0.4) is 0 Å². The first kappa shape index (κ1) is 20.6. The first-order valence-corrected chi connectivity index (χ1v) is 11.2. The van der Waals surface area contributed by atoms with Gasteiger partial charge in [-0.15, -0.1) is 0 Å². The minimum absolute atomic E-state index is 0.0198. The summed E-state index contributed by atoms with van der Waals surface area (Å²) in [7, 11) is 0. The average molecular weight is 450 g/mol. The number of benzene rings is 2. The molecule has 0 radical (unpaired) electrons. The van der Waals surface area contributed by atoms with Crippen molar-refractivity contribution in [3.8, 4) is 11.1 Å². The van der Waals surface area contributed by atoms with Gasteiger partial charge in [-0.3, -0.25) is 9.59 Å². The fourth-order valence-electron chi connectivity index (χ4n) is 4.36. The number of nitrogens with one attached hydrogen (secondary N) is 1. The minimum Gasteiger partial charge on any atom is -0.368 e. The van der Waals surface area contributed by atoms with Gasteiger partial charge in [-0.2, -0.15) is 5.10 Å². The van der Waals surface area contributed by atoms with Gasteiger partial charge in [0.1, 0.15) is 5.82 Å². The number of hydrogen-bond donors (Lipinski definition) is 1. The Labute approximate surface area is 191 Å². The van der Waals surface area contributed by atoms with E-state index in [0.717, 1.165) is 24.2 Å². The van der Waals surface area contributed by atoms with Crippen molar-refractivity contribution in [2.45, 2.75) is 13.0 Å². The molecular weight excluding hydrogens is 426 g/mol. The third-order valence-corrected chi connectivity index (χ3v) is 6.43. The minimum atomic E-state index is -0.430. The number of nitrogens with zero attached hydrogens (tertiary/aromatic N) is 4. The van der Waals surface area contributed by atoms with E-state index in [1.165, 1.54) is 5.69 Å². The molecule has 1 unspecified atom stereocenters. The van der Waals surface area contributed by atoms with E-state index in [1.807, 2.05) is 47.4 Å². The molecule has 0 saturated carbocycles. The predicted octanol–water partition coefficient (Wildman–Crippen LogP) is 3.51. The predicted molar refractivity (Wildman–Crippen MR) is 125 cm³/mol. The Morgan fingerprint density at radius 1 is 1.03 bits per heavy atom. The first-order valence-electron chi connectivity index (χ1n) is 10.8. The van der Waals surface area contributed by atoms with Gasteiger partial charge < -0.3 is 15.1 Å². The van der Waals surface area contributed by atoms with Crippen molar-refractivity contribution < 1.29 is 9.59 Å². The number of halogens is 1. The second-order valence-corrected chi connectivity index (χ2v) is 8.63. The summed E-state index contributed by atoms with van der Waals surface area (Å²) in [4.78, 5) is 29.9. The fourth-order valence-corrected chi connectivity index (χ4v) is 4.48. The summed E-state index contributed by atoms with van der Waals surface area (Å²) in [5, 5.41) is 8.05. The van der Waals surface area contributed by atoms with Crippen LogP contribution in [-0.2, 0) is 16.1 Å². The third-order valence-electron chi connectivity index (χ3n) is 6.18. The molecule has 0 spiro atoms. The number of hydrogen-bond acceptors (Lipinski definition) is 4. The lowest BCUT2D eigenvalue weighted by atomic mass is 10.0. The number of piperazine rings is 1. The van der Waals surface area contributed by atoms with Gasteiger partial charge in [0.25, 0.3) is 0 Å². The highest BCUT2D eigenvalue weighted by Crippen LogP contribution is 2.32. The molecule has 1 saturated heterocycles. The lowest BCUT2D eigenvalue weighted by molar-refractivity contribution is -0.135. The molecule has 2 aromatic carbocycles. The summed E-state index contributed by atoms with van der Waals surface area (Å²) in [6.45, 7) is 3.30. The molecular formula is C24H24ClN5O2. The van der Waals surface area contributed by atoms with Gasteiger partial charge in [0, 0.05) is 48.9 Å². The van der Waals surface area contributed by atoms with Crippen molar-refractivity contribution in [2.24, 2.45) is 5.92 Å². The largest absolute Gasteiger partial charge is 0.368 e. The molecule has 164 valence electrons. The highest BCUT2D eigenvalue weighted by atomic mass is 35.5. The summed E-state index contributed by atoms with van der Waals surface area (Å²) < 4.78 is 1.77. The van der Waals surface area contributed by atoms with Gasteiger partial charge in [0.05, 0.1) is 18.7 Å². The van der Waals surface area contributed by atoms with Gasteiger partial charge in [0.2, 0.25) is 11.8 Å². The van der Waals surface area contributed by atoms with Crippen molar-refractivity contribution in [2.75, 3.05) is 36.4 Å². The van der Waals surface area contributed by atoms with E-state index >= 15 is 0 Å². The van der Waals surface area contributed by atoms with Crippen molar-refractivity contribution in [1.29, 1.82) is 0 Å². The van der Waals surface area contributed by atoms with Crippen molar-refractivity contribution in [1.82, 2.24) is 14.7 Å². The molecule has 1 fully saturated rings. The summed E-state index contributed by atoms with van der Waals surface area (Å²) in [6.07, 6.45) is 1.93. The maximum atomic E-state index is 12.9. The van der Waals surface area contributed by atoms with E-state index in [4.69, 9.17) is 11.6 Å². The monoisotopic (exact) mass is 449 g/mol. The lowest BCUT2D eigenvalue weighted by Gasteiger charge is -2.36. The van der Waals surface area contributed by atoms with E-state index in [0.29, 0.717) is 30.5 Å². The van der Waals surface area contributed by atoms with Crippen molar-refractivity contribution in [3.63, 3.8) is 0 Å². The number of carbonyl (C=O) groups excluding carboxylic acids is 2. The summed E-state index contributed by atoms with van der Waals surface area (Å²) >= 11 is 5.98. The maximum absolute atomic E-state index is 12.9. The molecule has 2 aliphatic heterocycles. The SMILES string of the molecule is O=C1Nc2c(-c3ccc(Cl)cc3)cnn2CC1CC(=O)N1CCN(c2ccccc2)CC1. The Bertz CT molecular complexity index is 1120. The number of carbonyl (C=O) groups is 2. The Kier molecular flexibility index (Phi) is 5.57. The molecule has 32 heavy (non-hydrogen) atoms. The van der Waals surface area contributed by atoms with Crippen LogP contribution in [0.15, 0.2) is 60.8 Å². The second-order valence-electron chi connectivity index (χ2n) is 8.19. The molecule has 3 heterocycles. The first-order chi connectivity index (χ1) is 15.6. The highest BCUT2D eigenvalue weighted by molar-refractivity contribution is 6.30. The number of anilines is 2. The number of amides is 2. The van der Waals surface area contributed by atoms with Crippen molar-refractivity contribution >= 4 is 34.9 Å². The zero-order valence-electron chi connectivity index (χ0n) is 17.6. The van der Waals surface area contributed by atoms with Crippen LogP contribution in [-0.4, -0.2) is 52.7 Å². The average Bonchev–Trinajstić information content (AvgIpc) is 3.23. The van der Waals surface area contributed by atoms with E-state index < -0.39 is 5.92 Å². The smallest absolute Gasteiger partial charge is 0.231 e. The summed E-state index contributed by atoms with van der Waals surface area (Å²) in [5.74, 6) is 0.119. The zero-order chi connectivity index (χ0) is 22.1. The molecule has 0 aliphatic carbocycles. The number of fused-ring (bicyclic) bond motifs is 1. The quantitative estimate of drug-likeness (QED) is 0.661. The molecule has 7 nitrogen and oxygen atoms in total. The van der Waals surface area contributed by atoms with Crippen LogP contribution >= 0.6 is 11.6 Å². The van der Waals surface area contributed by atoms with E-state index in [1.54, 1.807) is 10.9 Å². The van der Waals surface area contributed by atoms with Gasteiger partial charge in [-0.25, -0.2) is 4.68 Å².